The van der Waals surface area contributed by atoms with E-state index in [2.05, 4.69) is 16.8 Å². The molecule has 0 bridgehead atoms. The molecule has 14 heavy (non-hydrogen) atoms. The molecule has 0 aromatic heterocycles. The molecule has 0 aliphatic carbocycles. The lowest BCUT2D eigenvalue weighted by Gasteiger charge is -2.38. The maximum Gasteiger partial charge on any atom is 0.135 e. The maximum absolute atomic E-state index is 11.1. The molecule has 0 N–H and O–H groups in total. The SMILES string of the molecule is CN1CCC(N2CCC(=O)CC2)CC1. The van der Waals surface area contributed by atoms with Crippen molar-refractivity contribution in [3.63, 3.8) is 0 Å². The molecule has 2 aliphatic heterocycles. The van der Waals surface area contributed by atoms with Crippen LogP contribution in [-0.2, 0) is 4.79 Å². The largest absolute Gasteiger partial charge is 0.306 e. The number of carbonyl (C=O) groups is 1. The maximum atomic E-state index is 11.1. The van der Waals surface area contributed by atoms with Gasteiger partial charge < -0.3 is 4.90 Å². The van der Waals surface area contributed by atoms with Crippen LogP contribution in [0.3, 0.4) is 0 Å². The zero-order chi connectivity index (χ0) is 9.97. The van der Waals surface area contributed by atoms with E-state index in [4.69, 9.17) is 0 Å². The Kier molecular flexibility index (Phi) is 3.19. The number of carbonyl (C=O) groups excluding carboxylic acids is 1. The highest BCUT2D eigenvalue weighted by atomic mass is 16.1. The number of Topliss-reactive ketones (excluding diaryl/α,β-unsaturated/α-hetero) is 1. The fourth-order valence-corrected chi connectivity index (χ4v) is 2.50. The van der Waals surface area contributed by atoms with Gasteiger partial charge >= 0.3 is 0 Å². The van der Waals surface area contributed by atoms with E-state index in [-0.39, 0.29) is 0 Å². The van der Waals surface area contributed by atoms with Gasteiger partial charge in [0.1, 0.15) is 5.78 Å². The quantitative estimate of drug-likeness (QED) is 0.618. The second-order valence-electron chi connectivity index (χ2n) is 4.61. The number of hydrogen-bond acceptors (Lipinski definition) is 3. The summed E-state index contributed by atoms with van der Waals surface area (Å²) in [6.45, 7) is 4.45. The Labute approximate surface area is 86.1 Å². The van der Waals surface area contributed by atoms with E-state index in [0.29, 0.717) is 5.78 Å². The summed E-state index contributed by atoms with van der Waals surface area (Å²) < 4.78 is 0. The van der Waals surface area contributed by atoms with Gasteiger partial charge in [-0.1, -0.05) is 0 Å². The zero-order valence-electron chi connectivity index (χ0n) is 9.04. The van der Waals surface area contributed by atoms with Crippen molar-refractivity contribution in [2.24, 2.45) is 0 Å². The standard InChI is InChI=1S/C11H20N2O/c1-12-6-2-10(3-7-12)13-8-4-11(14)5-9-13/h10H,2-9H2,1H3. The van der Waals surface area contributed by atoms with E-state index in [0.717, 1.165) is 32.0 Å². The minimum atomic E-state index is 0.453. The average Bonchev–Trinajstić information content (AvgIpc) is 2.21. The lowest BCUT2D eigenvalue weighted by molar-refractivity contribution is -0.122. The fraction of sp³-hybridized carbons (Fsp3) is 0.909. The fourth-order valence-electron chi connectivity index (χ4n) is 2.50. The molecule has 0 amide bonds. The lowest BCUT2D eigenvalue weighted by Crippen LogP contribution is -2.47. The first kappa shape index (κ1) is 10.1. The smallest absolute Gasteiger partial charge is 0.135 e. The molecule has 3 heteroatoms. The third-order valence-corrected chi connectivity index (χ3v) is 3.56. The average molecular weight is 196 g/mol. The Morgan fingerprint density at radius 3 is 2.21 bits per heavy atom. The molecule has 0 saturated carbocycles. The van der Waals surface area contributed by atoms with Crippen LogP contribution in [0, 0.1) is 0 Å². The molecule has 0 aromatic carbocycles. The highest BCUT2D eigenvalue weighted by Gasteiger charge is 2.25. The summed E-state index contributed by atoms with van der Waals surface area (Å²) >= 11 is 0. The minimum Gasteiger partial charge on any atom is -0.306 e. The molecule has 0 spiro atoms. The Hall–Kier alpha value is -0.410. The molecule has 2 fully saturated rings. The van der Waals surface area contributed by atoms with Crippen molar-refractivity contribution in [2.45, 2.75) is 31.7 Å². The lowest BCUT2D eigenvalue weighted by atomic mass is 10.00. The van der Waals surface area contributed by atoms with Gasteiger partial charge in [-0.15, -0.1) is 0 Å². The topological polar surface area (TPSA) is 23.6 Å². The third kappa shape index (κ3) is 2.34. The van der Waals surface area contributed by atoms with Gasteiger partial charge in [0.15, 0.2) is 0 Å². The third-order valence-electron chi connectivity index (χ3n) is 3.56. The summed E-state index contributed by atoms with van der Waals surface area (Å²) in [7, 11) is 2.19. The number of likely N-dealkylation sites (tertiary alicyclic amines) is 2. The Balaban J connectivity index is 1.81. The molecular formula is C11H20N2O. The molecule has 0 atom stereocenters. The first-order valence-corrected chi connectivity index (χ1v) is 5.70. The summed E-state index contributed by atoms with van der Waals surface area (Å²) in [5, 5.41) is 0. The highest BCUT2D eigenvalue weighted by molar-refractivity contribution is 5.79. The van der Waals surface area contributed by atoms with Crippen LogP contribution in [0.2, 0.25) is 0 Å². The molecule has 3 nitrogen and oxygen atoms in total. The van der Waals surface area contributed by atoms with E-state index in [1.54, 1.807) is 0 Å². The van der Waals surface area contributed by atoms with Crippen LogP contribution in [0.25, 0.3) is 0 Å². The number of rotatable bonds is 1. The van der Waals surface area contributed by atoms with E-state index >= 15 is 0 Å². The summed E-state index contributed by atoms with van der Waals surface area (Å²) in [4.78, 5) is 16.0. The van der Waals surface area contributed by atoms with E-state index < -0.39 is 0 Å². The van der Waals surface area contributed by atoms with Gasteiger partial charge in [-0.05, 0) is 33.0 Å². The second-order valence-corrected chi connectivity index (χ2v) is 4.61. The Morgan fingerprint density at radius 2 is 1.64 bits per heavy atom. The van der Waals surface area contributed by atoms with Gasteiger partial charge in [0.2, 0.25) is 0 Å². The van der Waals surface area contributed by atoms with Gasteiger partial charge in [-0.3, -0.25) is 9.69 Å². The first-order chi connectivity index (χ1) is 6.75. The van der Waals surface area contributed by atoms with Crippen LogP contribution >= 0.6 is 0 Å². The van der Waals surface area contributed by atoms with Crippen molar-refractivity contribution < 1.29 is 4.79 Å². The predicted octanol–water partition coefficient (Wildman–Crippen LogP) is 0.745. The van der Waals surface area contributed by atoms with Crippen LogP contribution in [0.15, 0.2) is 0 Å². The normalized spacial score (nSPS) is 28.2. The van der Waals surface area contributed by atoms with Crippen LogP contribution in [0.4, 0.5) is 0 Å². The van der Waals surface area contributed by atoms with Crippen molar-refractivity contribution in [3.05, 3.63) is 0 Å². The number of hydrogen-bond donors (Lipinski definition) is 0. The molecule has 0 radical (unpaired) electrons. The Morgan fingerprint density at radius 1 is 1.07 bits per heavy atom. The second kappa shape index (κ2) is 4.41. The monoisotopic (exact) mass is 196 g/mol. The molecule has 2 heterocycles. The van der Waals surface area contributed by atoms with Gasteiger partial charge in [0, 0.05) is 32.0 Å². The number of ketones is 1. The minimum absolute atomic E-state index is 0.453. The van der Waals surface area contributed by atoms with Gasteiger partial charge in [-0.2, -0.15) is 0 Å². The van der Waals surface area contributed by atoms with Crippen molar-refractivity contribution in [2.75, 3.05) is 33.2 Å². The Bertz CT molecular complexity index is 199. The molecule has 0 aromatic rings. The summed E-state index contributed by atoms with van der Waals surface area (Å²) in [5.74, 6) is 0.453. The van der Waals surface area contributed by atoms with E-state index in [1.807, 2.05) is 0 Å². The molecule has 80 valence electrons. The van der Waals surface area contributed by atoms with Gasteiger partial charge in [0.05, 0.1) is 0 Å². The summed E-state index contributed by atoms with van der Waals surface area (Å²) in [5.41, 5.74) is 0. The van der Waals surface area contributed by atoms with Crippen molar-refractivity contribution >= 4 is 5.78 Å². The first-order valence-electron chi connectivity index (χ1n) is 5.70. The molecule has 2 aliphatic rings. The van der Waals surface area contributed by atoms with Gasteiger partial charge in [0.25, 0.3) is 0 Å². The van der Waals surface area contributed by atoms with Crippen molar-refractivity contribution in [3.8, 4) is 0 Å². The van der Waals surface area contributed by atoms with Gasteiger partial charge in [-0.25, -0.2) is 0 Å². The molecule has 2 rings (SSSR count). The van der Waals surface area contributed by atoms with E-state index in [1.165, 1.54) is 25.9 Å². The zero-order valence-corrected chi connectivity index (χ0v) is 9.04. The highest BCUT2D eigenvalue weighted by Crippen LogP contribution is 2.18. The van der Waals surface area contributed by atoms with E-state index in [9.17, 15) is 4.79 Å². The van der Waals surface area contributed by atoms with Crippen LogP contribution in [0.5, 0.6) is 0 Å². The van der Waals surface area contributed by atoms with Crippen molar-refractivity contribution in [1.82, 2.24) is 9.80 Å². The summed E-state index contributed by atoms with van der Waals surface area (Å²) in [6.07, 6.45) is 4.13. The van der Waals surface area contributed by atoms with Crippen LogP contribution in [-0.4, -0.2) is 54.9 Å². The molecule has 0 unspecified atom stereocenters. The predicted molar refractivity (Wildman–Crippen MR) is 56.3 cm³/mol. The van der Waals surface area contributed by atoms with Crippen LogP contribution < -0.4 is 0 Å². The van der Waals surface area contributed by atoms with Crippen molar-refractivity contribution in [1.29, 1.82) is 0 Å². The van der Waals surface area contributed by atoms with Crippen LogP contribution in [0.1, 0.15) is 25.7 Å². The molecule has 2 saturated heterocycles. The number of piperidine rings is 2. The summed E-state index contributed by atoms with van der Waals surface area (Å²) in [6, 6.07) is 0.749. The number of nitrogens with zero attached hydrogens (tertiary/aromatic N) is 2. The molecular weight excluding hydrogens is 176 g/mol.